The van der Waals surface area contributed by atoms with Crippen LogP contribution in [0.3, 0.4) is 0 Å². The normalized spacial score (nSPS) is 10.3. The largest absolute Gasteiger partial charge is 0.466 e. The number of esters is 1. The highest BCUT2D eigenvalue weighted by molar-refractivity contribution is 5.90. The minimum absolute atomic E-state index is 0.0386. The van der Waals surface area contributed by atoms with Crippen molar-refractivity contribution in [3.8, 4) is 6.07 Å². The zero-order valence-corrected chi connectivity index (χ0v) is 12.5. The Morgan fingerprint density at radius 2 is 2.23 bits per heavy atom. The van der Waals surface area contributed by atoms with Gasteiger partial charge in [-0.2, -0.15) is 10.4 Å². The van der Waals surface area contributed by atoms with Crippen molar-refractivity contribution in [1.82, 2.24) is 9.78 Å². The molecule has 0 unspecified atom stereocenters. The van der Waals surface area contributed by atoms with E-state index in [1.807, 2.05) is 6.07 Å². The fourth-order valence-corrected chi connectivity index (χ4v) is 2.00. The predicted molar refractivity (Wildman–Crippen MR) is 76.5 cm³/mol. The van der Waals surface area contributed by atoms with Gasteiger partial charge in [-0.15, -0.1) is 0 Å². The summed E-state index contributed by atoms with van der Waals surface area (Å²) in [5.41, 5.74) is 0.884. The van der Waals surface area contributed by atoms with Crippen LogP contribution in [0, 0.1) is 25.2 Å². The van der Waals surface area contributed by atoms with E-state index in [2.05, 4.69) is 5.10 Å². The van der Waals surface area contributed by atoms with Gasteiger partial charge < -0.3 is 9.15 Å². The molecule has 0 atom stereocenters. The van der Waals surface area contributed by atoms with Crippen molar-refractivity contribution in [1.29, 1.82) is 5.26 Å². The first-order chi connectivity index (χ1) is 10.5. The van der Waals surface area contributed by atoms with Gasteiger partial charge in [0, 0.05) is 0 Å². The van der Waals surface area contributed by atoms with Gasteiger partial charge in [0.1, 0.15) is 29.5 Å². The van der Waals surface area contributed by atoms with Gasteiger partial charge >= 0.3 is 5.97 Å². The zero-order valence-electron chi connectivity index (χ0n) is 12.5. The molecule has 2 rings (SSSR count). The predicted octanol–water partition coefficient (Wildman–Crippen LogP) is 1.55. The first-order valence-corrected chi connectivity index (χ1v) is 6.71. The highest BCUT2D eigenvalue weighted by Crippen LogP contribution is 2.14. The molecule has 7 heteroatoms. The summed E-state index contributed by atoms with van der Waals surface area (Å²) >= 11 is 0. The van der Waals surface area contributed by atoms with E-state index in [0.717, 1.165) is 4.68 Å². The first kappa shape index (κ1) is 15.5. The van der Waals surface area contributed by atoms with E-state index in [-0.39, 0.29) is 30.0 Å². The van der Waals surface area contributed by atoms with Crippen molar-refractivity contribution in [2.24, 2.45) is 0 Å². The third-order valence-corrected chi connectivity index (χ3v) is 3.28. The summed E-state index contributed by atoms with van der Waals surface area (Å²) in [5.74, 6) is -0.260. The third-order valence-electron chi connectivity index (χ3n) is 3.28. The van der Waals surface area contributed by atoms with Gasteiger partial charge in [-0.05, 0) is 32.4 Å². The van der Waals surface area contributed by atoms with Gasteiger partial charge in [0.25, 0.3) is 5.56 Å². The Labute approximate surface area is 126 Å². The summed E-state index contributed by atoms with van der Waals surface area (Å²) in [5, 5.41) is 13.2. The van der Waals surface area contributed by atoms with Crippen LogP contribution in [0.15, 0.2) is 21.5 Å². The number of nitriles is 1. The molecule has 7 nitrogen and oxygen atoms in total. The fraction of sp³-hybridized carbons (Fsp3) is 0.333. The molecule has 0 amide bonds. The van der Waals surface area contributed by atoms with E-state index in [1.165, 1.54) is 12.3 Å². The van der Waals surface area contributed by atoms with E-state index in [0.29, 0.717) is 11.3 Å². The third kappa shape index (κ3) is 2.76. The monoisotopic (exact) mass is 301 g/mol. The molecule has 114 valence electrons. The van der Waals surface area contributed by atoms with Crippen molar-refractivity contribution in [3.05, 3.63) is 50.8 Å². The van der Waals surface area contributed by atoms with Crippen LogP contribution >= 0.6 is 0 Å². The Morgan fingerprint density at radius 3 is 2.86 bits per heavy atom. The van der Waals surface area contributed by atoms with Crippen molar-refractivity contribution >= 4 is 5.97 Å². The van der Waals surface area contributed by atoms with Crippen LogP contribution in [-0.2, 0) is 11.3 Å². The molecule has 0 aliphatic heterocycles. The molecular formula is C15H15N3O4. The molecule has 2 heterocycles. The standard InChI is InChI=1S/C15H15N3O4/c1-4-21-15(20)11-5-6-22-13(11)8-18-14(19)12(7-16)9(2)10(3)17-18/h5-6H,4,8H2,1-3H3. The van der Waals surface area contributed by atoms with Crippen LogP contribution in [0.25, 0.3) is 0 Å². The lowest BCUT2D eigenvalue weighted by atomic mass is 10.1. The summed E-state index contributed by atoms with van der Waals surface area (Å²) in [7, 11) is 0. The number of ether oxygens (including phenoxy) is 1. The molecule has 0 saturated heterocycles. The second kappa shape index (κ2) is 6.26. The number of furan rings is 1. The van der Waals surface area contributed by atoms with Crippen LogP contribution in [-0.4, -0.2) is 22.4 Å². The van der Waals surface area contributed by atoms with Gasteiger partial charge in [0.2, 0.25) is 0 Å². The van der Waals surface area contributed by atoms with Crippen LogP contribution in [0.4, 0.5) is 0 Å². The zero-order chi connectivity index (χ0) is 16.3. The number of rotatable bonds is 4. The highest BCUT2D eigenvalue weighted by atomic mass is 16.5. The molecule has 22 heavy (non-hydrogen) atoms. The second-order valence-electron chi connectivity index (χ2n) is 4.64. The lowest BCUT2D eigenvalue weighted by Gasteiger charge is -2.08. The Hall–Kier alpha value is -2.88. The minimum Gasteiger partial charge on any atom is -0.466 e. The molecule has 0 radical (unpaired) electrons. The van der Waals surface area contributed by atoms with Gasteiger partial charge in [-0.1, -0.05) is 0 Å². The number of hydrogen-bond acceptors (Lipinski definition) is 6. The maximum atomic E-state index is 12.2. The van der Waals surface area contributed by atoms with E-state index < -0.39 is 11.5 Å². The van der Waals surface area contributed by atoms with Crippen molar-refractivity contribution in [2.45, 2.75) is 27.3 Å². The number of hydrogen-bond donors (Lipinski definition) is 0. The lowest BCUT2D eigenvalue weighted by Crippen LogP contribution is -2.28. The molecule has 0 N–H and O–H groups in total. The maximum absolute atomic E-state index is 12.2. The van der Waals surface area contributed by atoms with E-state index in [1.54, 1.807) is 20.8 Å². The molecule has 0 fully saturated rings. The lowest BCUT2D eigenvalue weighted by molar-refractivity contribution is 0.0523. The van der Waals surface area contributed by atoms with Crippen molar-refractivity contribution in [2.75, 3.05) is 6.61 Å². The fourth-order valence-electron chi connectivity index (χ4n) is 2.00. The Morgan fingerprint density at radius 1 is 1.50 bits per heavy atom. The van der Waals surface area contributed by atoms with Crippen LogP contribution < -0.4 is 5.56 Å². The summed E-state index contributed by atoms with van der Waals surface area (Å²) < 4.78 is 11.3. The van der Waals surface area contributed by atoms with E-state index in [4.69, 9.17) is 14.4 Å². The molecule has 0 saturated carbocycles. The van der Waals surface area contributed by atoms with Crippen molar-refractivity contribution in [3.63, 3.8) is 0 Å². The van der Waals surface area contributed by atoms with Gasteiger partial charge in [0.15, 0.2) is 0 Å². The molecular weight excluding hydrogens is 286 g/mol. The SMILES string of the molecule is CCOC(=O)c1ccoc1Cn1nc(C)c(C)c(C#N)c1=O. The molecule has 2 aromatic heterocycles. The summed E-state index contributed by atoms with van der Waals surface area (Å²) in [6.45, 7) is 5.27. The average molecular weight is 301 g/mol. The topological polar surface area (TPSA) is 98.1 Å². The Kier molecular flexibility index (Phi) is 4.41. The Bertz CT molecular complexity index is 811. The summed E-state index contributed by atoms with van der Waals surface area (Å²) in [6.07, 6.45) is 1.35. The Balaban J connectivity index is 2.44. The number of carbonyl (C=O) groups is 1. The number of aromatic nitrogens is 2. The molecule has 2 aromatic rings. The van der Waals surface area contributed by atoms with Gasteiger partial charge in [-0.25, -0.2) is 9.48 Å². The molecule has 0 aromatic carbocycles. The van der Waals surface area contributed by atoms with Crippen molar-refractivity contribution < 1.29 is 13.9 Å². The summed E-state index contributed by atoms with van der Waals surface area (Å²) in [4.78, 5) is 24.0. The number of nitrogens with zero attached hydrogens (tertiary/aromatic N) is 3. The number of aryl methyl sites for hydroxylation is 1. The highest BCUT2D eigenvalue weighted by Gasteiger charge is 2.18. The van der Waals surface area contributed by atoms with Gasteiger partial charge in [0.05, 0.1) is 18.6 Å². The first-order valence-electron chi connectivity index (χ1n) is 6.71. The van der Waals surface area contributed by atoms with Crippen LogP contribution in [0.1, 0.15) is 39.9 Å². The molecule has 0 aliphatic rings. The number of carbonyl (C=O) groups excluding carboxylic acids is 1. The smallest absolute Gasteiger partial charge is 0.341 e. The molecule has 0 aliphatic carbocycles. The van der Waals surface area contributed by atoms with Gasteiger partial charge in [-0.3, -0.25) is 4.79 Å². The minimum atomic E-state index is -0.524. The quantitative estimate of drug-likeness (QED) is 0.795. The van der Waals surface area contributed by atoms with Crippen LogP contribution in [0.2, 0.25) is 0 Å². The second-order valence-corrected chi connectivity index (χ2v) is 4.64. The molecule has 0 bridgehead atoms. The average Bonchev–Trinajstić information content (AvgIpc) is 2.94. The summed E-state index contributed by atoms with van der Waals surface area (Å²) in [6, 6.07) is 3.36. The van der Waals surface area contributed by atoms with E-state index >= 15 is 0 Å². The van der Waals surface area contributed by atoms with Crippen LogP contribution in [0.5, 0.6) is 0 Å². The maximum Gasteiger partial charge on any atom is 0.341 e. The molecule has 0 spiro atoms. The van der Waals surface area contributed by atoms with E-state index in [9.17, 15) is 9.59 Å².